The lowest BCUT2D eigenvalue weighted by atomic mass is 10.1. The van der Waals surface area contributed by atoms with E-state index in [1.54, 1.807) is 7.11 Å². The number of hydrogen-bond acceptors (Lipinski definition) is 6. The van der Waals surface area contributed by atoms with Gasteiger partial charge in [-0.3, -0.25) is 4.79 Å². The molecule has 3 aromatic rings. The molecular formula is C19H19N3O4. The normalized spacial score (nSPS) is 10.4. The van der Waals surface area contributed by atoms with Gasteiger partial charge in [0.1, 0.15) is 11.5 Å². The molecule has 0 radical (unpaired) electrons. The minimum atomic E-state index is -0.351. The SMILES string of the molecule is COc1ccc(-c2nonc2NC(=O)COc2ccccc2C)c(C)c1. The van der Waals surface area contributed by atoms with E-state index in [1.807, 2.05) is 56.3 Å². The third-order valence-electron chi connectivity index (χ3n) is 3.89. The summed E-state index contributed by atoms with van der Waals surface area (Å²) in [4.78, 5) is 12.2. The molecule has 3 rings (SSSR count). The average Bonchev–Trinajstić information content (AvgIpc) is 3.08. The fourth-order valence-electron chi connectivity index (χ4n) is 2.51. The van der Waals surface area contributed by atoms with Crippen molar-refractivity contribution < 1.29 is 18.9 Å². The van der Waals surface area contributed by atoms with Crippen LogP contribution in [0.4, 0.5) is 5.82 Å². The average molecular weight is 353 g/mol. The predicted octanol–water partition coefficient (Wildman–Crippen LogP) is 3.38. The second-order valence-electron chi connectivity index (χ2n) is 5.74. The highest BCUT2D eigenvalue weighted by molar-refractivity contribution is 5.94. The lowest BCUT2D eigenvalue weighted by Crippen LogP contribution is -2.21. The van der Waals surface area contributed by atoms with Crippen molar-refractivity contribution >= 4 is 11.7 Å². The summed E-state index contributed by atoms with van der Waals surface area (Å²) in [7, 11) is 1.60. The highest BCUT2D eigenvalue weighted by Gasteiger charge is 2.17. The van der Waals surface area contributed by atoms with E-state index in [9.17, 15) is 4.79 Å². The van der Waals surface area contributed by atoms with Crippen LogP contribution < -0.4 is 14.8 Å². The molecule has 1 N–H and O–H groups in total. The number of aryl methyl sites for hydroxylation is 2. The zero-order chi connectivity index (χ0) is 18.5. The lowest BCUT2D eigenvalue weighted by Gasteiger charge is -2.09. The number of para-hydroxylation sites is 1. The van der Waals surface area contributed by atoms with E-state index < -0.39 is 0 Å². The molecule has 0 unspecified atom stereocenters. The number of hydrogen-bond donors (Lipinski definition) is 1. The summed E-state index contributed by atoms with van der Waals surface area (Å²) in [6.07, 6.45) is 0. The first-order valence-electron chi connectivity index (χ1n) is 8.04. The topological polar surface area (TPSA) is 86.5 Å². The number of carbonyl (C=O) groups is 1. The van der Waals surface area contributed by atoms with Crippen molar-refractivity contribution in [1.29, 1.82) is 0 Å². The van der Waals surface area contributed by atoms with Crippen LogP contribution in [0, 0.1) is 13.8 Å². The number of rotatable bonds is 6. The molecule has 0 aliphatic heterocycles. The van der Waals surface area contributed by atoms with E-state index in [-0.39, 0.29) is 18.3 Å². The van der Waals surface area contributed by atoms with E-state index in [2.05, 4.69) is 15.6 Å². The number of aromatic nitrogens is 2. The summed E-state index contributed by atoms with van der Waals surface area (Å²) in [5.41, 5.74) is 3.13. The Morgan fingerprint density at radius 3 is 2.65 bits per heavy atom. The molecule has 0 spiro atoms. The van der Waals surface area contributed by atoms with Gasteiger partial charge in [0.15, 0.2) is 12.3 Å². The summed E-state index contributed by atoms with van der Waals surface area (Å²) in [6.45, 7) is 3.69. The Bertz CT molecular complexity index is 921. The van der Waals surface area contributed by atoms with Gasteiger partial charge in [0, 0.05) is 5.56 Å². The van der Waals surface area contributed by atoms with Crippen LogP contribution >= 0.6 is 0 Å². The van der Waals surface area contributed by atoms with Gasteiger partial charge in [-0.05, 0) is 59.6 Å². The fraction of sp³-hybridized carbons (Fsp3) is 0.211. The maximum absolute atomic E-state index is 12.2. The van der Waals surface area contributed by atoms with Crippen molar-refractivity contribution in [2.24, 2.45) is 0 Å². The maximum atomic E-state index is 12.2. The second-order valence-corrected chi connectivity index (χ2v) is 5.74. The molecule has 0 saturated carbocycles. The minimum absolute atomic E-state index is 0.140. The van der Waals surface area contributed by atoms with Crippen molar-refractivity contribution in [3.8, 4) is 22.8 Å². The summed E-state index contributed by atoms with van der Waals surface area (Å²) in [5, 5.41) is 10.4. The van der Waals surface area contributed by atoms with Crippen molar-refractivity contribution in [3.63, 3.8) is 0 Å². The van der Waals surface area contributed by atoms with E-state index in [0.717, 1.165) is 22.4 Å². The van der Waals surface area contributed by atoms with Crippen LogP contribution in [0.15, 0.2) is 47.1 Å². The molecule has 7 heteroatoms. The zero-order valence-electron chi connectivity index (χ0n) is 14.8. The minimum Gasteiger partial charge on any atom is -0.497 e. The highest BCUT2D eigenvalue weighted by atomic mass is 16.6. The van der Waals surface area contributed by atoms with Crippen LogP contribution in [0.5, 0.6) is 11.5 Å². The summed E-state index contributed by atoms with van der Waals surface area (Å²) >= 11 is 0. The predicted molar refractivity (Wildman–Crippen MR) is 96.3 cm³/mol. The summed E-state index contributed by atoms with van der Waals surface area (Å²) < 4.78 is 15.5. The number of benzene rings is 2. The molecule has 0 aliphatic rings. The Kier molecular flexibility index (Phi) is 5.17. The van der Waals surface area contributed by atoms with Crippen LogP contribution in [0.25, 0.3) is 11.3 Å². The Morgan fingerprint density at radius 2 is 1.92 bits per heavy atom. The number of methoxy groups -OCH3 is 1. The quantitative estimate of drug-likeness (QED) is 0.731. The summed E-state index contributed by atoms with van der Waals surface area (Å²) in [6, 6.07) is 13.0. The van der Waals surface area contributed by atoms with E-state index in [1.165, 1.54) is 0 Å². The molecule has 0 atom stereocenters. The van der Waals surface area contributed by atoms with Crippen molar-refractivity contribution in [2.45, 2.75) is 13.8 Å². The number of anilines is 1. The van der Waals surface area contributed by atoms with Gasteiger partial charge < -0.3 is 14.8 Å². The van der Waals surface area contributed by atoms with Crippen LogP contribution in [0.1, 0.15) is 11.1 Å². The monoisotopic (exact) mass is 353 g/mol. The smallest absolute Gasteiger partial charge is 0.263 e. The molecule has 1 amide bonds. The molecule has 134 valence electrons. The van der Waals surface area contributed by atoms with Gasteiger partial charge in [-0.15, -0.1) is 0 Å². The number of nitrogens with one attached hydrogen (secondary N) is 1. The number of amides is 1. The van der Waals surface area contributed by atoms with E-state index in [0.29, 0.717) is 11.4 Å². The van der Waals surface area contributed by atoms with Gasteiger partial charge in [0.25, 0.3) is 5.91 Å². The molecule has 1 aromatic heterocycles. The Balaban J connectivity index is 1.71. The molecule has 1 heterocycles. The zero-order valence-corrected chi connectivity index (χ0v) is 14.8. The fourth-order valence-corrected chi connectivity index (χ4v) is 2.51. The van der Waals surface area contributed by atoms with Crippen LogP contribution in [0.3, 0.4) is 0 Å². The second kappa shape index (κ2) is 7.69. The molecule has 0 fully saturated rings. The van der Waals surface area contributed by atoms with E-state index in [4.69, 9.17) is 14.1 Å². The van der Waals surface area contributed by atoms with Gasteiger partial charge >= 0.3 is 0 Å². The summed E-state index contributed by atoms with van der Waals surface area (Å²) in [5.74, 6) is 1.29. The Labute approximate surface area is 150 Å². The molecule has 2 aromatic carbocycles. The van der Waals surface area contributed by atoms with Crippen LogP contribution in [-0.2, 0) is 4.79 Å². The van der Waals surface area contributed by atoms with Crippen molar-refractivity contribution in [3.05, 3.63) is 53.6 Å². The molecule has 0 saturated heterocycles. The largest absolute Gasteiger partial charge is 0.497 e. The molecule has 7 nitrogen and oxygen atoms in total. The van der Waals surface area contributed by atoms with Gasteiger partial charge in [0.2, 0.25) is 5.82 Å². The lowest BCUT2D eigenvalue weighted by molar-refractivity contribution is -0.118. The first-order chi connectivity index (χ1) is 12.6. The van der Waals surface area contributed by atoms with Gasteiger partial charge in [-0.1, -0.05) is 18.2 Å². The van der Waals surface area contributed by atoms with Gasteiger partial charge in [0.05, 0.1) is 7.11 Å². The Morgan fingerprint density at radius 1 is 1.12 bits per heavy atom. The first kappa shape index (κ1) is 17.5. The van der Waals surface area contributed by atoms with Crippen LogP contribution in [-0.4, -0.2) is 29.9 Å². The standard InChI is InChI=1S/C19H19N3O4/c1-12-6-4-5-7-16(12)25-11-17(23)20-19-18(21-26-22-19)15-9-8-14(24-3)10-13(15)2/h4-10H,11H2,1-3H3,(H,20,22,23). The molecule has 0 bridgehead atoms. The van der Waals surface area contributed by atoms with Crippen molar-refractivity contribution in [1.82, 2.24) is 10.3 Å². The third kappa shape index (κ3) is 3.83. The Hall–Kier alpha value is -3.35. The molecule has 0 aliphatic carbocycles. The first-order valence-corrected chi connectivity index (χ1v) is 8.04. The van der Waals surface area contributed by atoms with Gasteiger partial charge in [-0.2, -0.15) is 0 Å². The van der Waals surface area contributed by atoms with Crippen molar-refractivity contribution in [2.75, 3.05) is 19.0 Å². The molecular weight excluding hydrogens is 334 g/mol. The third-order valence-corrected chi connectivity index (χ3v) is 3.89. The number of nitrogens with zero attached hydrogens (tertiary/aromatic N) is 2. The van der Waals surface area contributed by atoms with Crippen LogP contribution in [0.2, 0.25) is 0 Å². The highest BCUT2D eigenvalue weighted by Crippen LogP contribution is 2.29. The van der Waals surface area contributed by atoms with E-state index >= 15 is 0 Å². The number of ether oxygens (including phenoxy) is 2. The maximum Gasteiger partial charge on any atom is 0.263 e. The number of carbonyl (C=O) groups excluding carboxylic acids is 1. The molecule has 26 heavy (non-hydrogen) atoms. The van der Waals surface area contributed by atoms with Gasteiger partial charge in [-0.25, -0.2) is 4.63 Å².